The van der Waals surface area contributed by atoms with Crippen molar-refractivity contribution in [3.8, 4) is 17.2 Å². The number of carbonyl (C=O) groups is 2. The van der Waals surface area contributed by atoms with E-state index in [0.29, 0.717) is 31.1 Å². The van der Waals surface area contributed by atoms with Crippen molar-refractivity contribution in [1.29, 1.82) is 0 Å². The minimum absolute atomic E-state index is 0.00661. The van der Waals surface area contributed by atoms with Gasteiger partial charge in [0.25, 0.3) is 0 Å². The Kier molecular flexibility index (Phi) is 9.75. The van der Waals surface area contributed by atoms with E-state index >= 15 is 0 Å². The molecule has 9 heteroatoms. The van der Waals surface area contributed by atoms with Crippen LogP contribution in [0.1, 0.15) is 11.1 Å². The molecule has 2 aromatic carbocycles. The number of piperazine rings is 1. The minimum Gasteiger partial charge on any atom is -0.497 e. The van der Waals surface area contributed by atoms with E-state index < -0.39 is 5.97 Å². The zero-order chi connectivity index (χ0) is 25.2. The van der Waals surface area contributed by atoms with E-state index in [4.69, 9.17) is 18.9 Å². The molecule has 35 heavy (non-hydrogen) atoms. The molecule has 0 aliphatic carbocycles. The summed E-state index contributed by atoms with van der Waals surface area (Å²) in [5.41, 5.74) is 2.09. The summed E-state index contributed by atoms with van der Waals surface area (Å²) in [5.74, 6) is 1.74. The monoisotopic (exact) mass is 485 g/mol. The Balaban J connectivity index is 1.58. The molecule has 3 rings (SSSR count). The van der Waals surface area contributed by atoms with E-state index in [1.165, 1.54) is 12.7 Å². The van der Waals surface area contributed by atoms with Gasteiger partial charge in [-0.15, -0.1) is 0 Å². The Hall–Kier alpha value is -3.30. The molecule has 0 unspecified atom stereocenters. The van der Waals surface area contributed by atoms with Crippen molar-refractivity contribution < 1.29 is 28.5 Å². The summed E-state index contributed by atoms with van der Waals surface area (Å²) in [6, 6.07) is 13.6. The summed E-state index contributed by atoms with van der Waals surface area (Å²) in [6.07, 6.45) is 0. The lowest BCUT2D eigenvalue weighted by Gasteiger charge is -2.35. The van der Waals surface area contributed by atoms with Crippen LogP contribution in [0.25, 0.3) is 0 Å². The van der Waals surface area contributed by atoms with E-state index in [0.717, 1.165) is 30.9 Å². The molecule has 0 spiro atoms. The third-order valence-electron chi connectivity index (χ3n) is 6.05. The number of nitrogens with zero attached hydrogens (tertiary/aromatic N) is 3. The average Bonchev–Trinajstić information content (AvgIpc) is 2.89. The van der Waals surface area contributed by atoms with Gasteiger partial charge in [0.2, 0.25) is 5.91 Å². The molecule has 2 aromatic rings. The molecule has 1 aliphatic rings. The predicted molar refractivity (Wildman–Crippen MR) is 132 cm³/mol. The smallest absolute Gasteiger partial charge is 0.319 e. The fourth-order valence-corrected chi connectivity index (χ4v) is 4.07. The first-order valence-corrected chi connectivity index (χ1v) is 11.6. The predicted octanol–water partition coefficient (Wildman–Crippen LogP) is 2.03. The van der Waals surface area contributed by atoms with Gasteiger partial charge in [0.05, 0.1) is 41.5 Å². The molecule has 1 aliphatic heterocycles. The molecule has 1 saturated heterocycles. The van der Waals surface area contributed by atoms with Crippen LogP contribution in [0.3, 0.4) is 0 Å². The summed E-state index contributed by atoms with van der Waals surface area (Å²) < 4.78 is 20.8. The second-order valence-corrected chi connectivity index (χ2v) is 8.45. The van der Waals surface area contributed by atoms with E-state index in [9.17, 15) is 9.59 Å². The van der Waals surface area contributed by atoms with Gasteiger partial charge in [-0.2, -0.15) is 0 Å². The van der Waals surface area contributed by atoms with Gasteiger partial charge in [-0.05, 0) is 35.4 Å². The molecule has 0 aromatic heterocycles. The molecule has 0 bridgehead atoms. The first-order chi connectivity index (χ1) is 16.9. The summed E-state index contributed by atoms with van der Waals surface area (Å²) >= 11 is 0. The third kappa shape index (κ3) is 7.87. The molecule has 0 radical (unpaired) electrons. The van der Waals surface area contributed by atoms with Crippen molar-refractivity contribution in [3.05, 3.63) is 53.6 Å². The van der Waals surface area contributed by atoms with Crippen LogP contribution in [0.2, 0.25) is 0 Å². The van der Waals surface area contributed by atoms with Crippen LogP contribution in [0.15, 0.2) is 42.5 Å². The van der Waals surface area contributed by atoms with Gasteiger partial charge in [0.15, 0.2) is 0 Å². The highest BCUT2D eigenvalue weighted by atomic mass is 16.5. The normalized spacial score (nSPS) is 14.0. The van der Waals surface area contributed by atoms with Crippen molar-refractivity contribution in [1.82, 2.24) is 14.7 Å². The van der Waals surface area contributed by atoms with Gasteiger partial charge >= 0.3 is 5.97 Å². The highest BCUT2D eigenvalue weighted by molar-refractivity contribution is 5.79. The molecule has 1 fully saturated rings. The number of hydrogen-bond acceptors (Lipinski definition) is 8. The van der Waals surface area contributed by atoms with Crippen LogP contribution in [-0.4, -0.2) is 94.3 Å². The molecule has 190 valence electrons. The van der Waals surface area contributed by atoms with Gasteiger partial charge < -0.3 is 23.8 Å². The zero-order valence-electron chi connectivity index (χ0n) is 21.0. The molecule has 0 saturated carbocycles. The van der Waals surface area contributed by atoms with E-state index in [2.05, 4.69) is 17.0 Å². The molecule has 0 atom stereocenters. The third-order valence-corrected chi connectivity index (χ3v) is 6.05. The Morgan fingerprint density at radius 2 is 1.37 bits per heavy atom. The van der Waals surface area contributed by atoms with Crippen LogP contribution < -0.4 is 14.2 Å². The Morgan fingerprint density at radius 1 is 0.771 bits per heavy atom. The van der Waals surface area contributed by atoms with Crippen LogP contribution in [0.4, 0.5) is 0 Å². The lowest BCUT2D eigenvalue weighted by atomic mass is 10.1. The van der Waals surface area contributed by atoms with Gasteiger partial charge in [-0.3, -0.25) is 19.4 Å². The van der Waals surface area contributed by atoms with E-state index in [1.807, 2.05) is 29.2 Å². The number of carbonyl (C=O) groups excluding carboxylic acids is 2. The molecule has 9 nitrogen and oxygen atoms in total. The topological polar surface area (TPSA) is 80.8 Å². The molecular weight excluding hydrogens is 450 g/mol. The van der Waals surface area contributed by atoms with E-state index in [-0.39, 0.29) is 19.0 Å². The number of benzene rings is 2. The molecule has 1 heterocycles. The molecule has 0 N–H and O–H groups in total. The van der Waals surface area contributed by atoms with Gasteiger partial charge in [0.1, 0.15) is 17.2 Å². The molecule has 1 amide bonds. The minimum atomic E-state index is -0.392. The van der Waals surface area contributed by atoms with Crippen molar-refractivity contribution >= 4 is 11.9 Å². The summed E-state index contributed by atoms with van der Waals surface area (Å²) in [7, 11) is 6.18. The van der Waals surface area contributed by atoms with Crippen LogP contribution in [0.5, 0.6) is 17.2 Å². The Labute approximate surface area is 207 Å². The first kappa shape index (κ1) is 26.3. The first-order valence-electron chi connectivity index (χ1n) is 11.6. The second kappa shape index (κ2) is 13.0. The van der Waals surface area contributed by atoms with Crippen LogP contribution in [-0.2, 0) is 27.4 Å². The van der Waals surface area contributed by atoms with Crippen molar-refractivity contribution in [2.24, 2.45) is 0 Å². The molecular formula is C26H35N3O6. The summed E-state index contributed by atoms with van der Waals surface area (Å²) in [6.45, 7) is 4.22. The maximum Gasteiger partial charge on any atom is 0.319 e. The standard InChI is InChI=1S/C26H35N3O6/c1-32-22-7-5-20(6-8-22)16-27-9-11-29(12-10-27)25(30)18-28(19-26(31)35-4)17-21-13-23(33-2)15-24(14-21)34-3/h5-8,13-15H,9-12,16-19H2,1-4H3. The lowest BCUT2D eigenvalue weighted by Crippen LogP contribution is -2.51. The average molecular weight is 486 g/mol. The quantitative estimate of drug-likeness (QED) is 0.448. The zero-order valence-corrected chi connectivity index (χ0v) is 21.0. The second-order valence-electron chi connectivity index (χ2n) is 8.45. The maximum absolute atomic E-state index is 13.1. The number of methoxy groups -OCH3 is 4. The maximum atomic E-state index is 13.1. The SMILES string of the molecule is COC(=O)CN(CC(=O)N1CCN(Cc2ccc(OC)cc2)CC1)Cc1cc(OC)cc(OC)c1. The van der Waals surface area contributed by atoms with Gasteiger partial charge in [0, 0.05) is 45.3 Å². The van der Waals surface area contributed by atoms with Gasteiger partial charge in [-0.25, -0.2) is 0 Å². The van der Waals surface area contributed by atoms with Crippen molar-refractivity contribution in [3.63, 3.8) is 0 Å². The van der Waals surface area contributed by atoms with Crippen LogP contribution in [0, 0.1) is 0 Å². The highest BCUT2D eigenvalue weighted by Crippen LogP contribution is 2.23. The van der Waals surface area contributed by atoms with Crippen molar-refractivity contribution in [2.75, 3.05) is 67.7 Å². The van der Waals surface area contributed by atoms with Crippen LogP contribution >= 0.6 is 0 Å². The number of amides is 1. The fraction of sp³-hybridized carbons (Fsp3) is 0.462. The number of esters is 1. The lowest BCUT2D eigenvalue weighted by molar-refractivity contribution is -0.143. The summed E-state index contributed by atoms with van der Waals surface area (Å²) in [4.78, 5) is 31.1. The largest absolute Gasteiger partial charge is 0.497 e. The Bertz CT molecular complexity index is 951. The highest BCUT2D eigenvalue weighted by Gasteiger charge is 2.24. The van der Waals surface area contributed by atoms with E-state index in [1.54, 1.807) is 32.3 Å². The number of hydrogen-bond donors (Lipinski definition) is 0. The van der Waals surface area contributed by atoms with Crippen molar-refractivity contribution in [2.45, 2.75) is 13.1 Å². The number of rotatable bonds is 11. The summed E-state index contributed by atoms with van der Waals surface area (Å²) in [5, 5.41) is 0. The number of ether oxygens (including phenoxy) is 4. The Morgan fingerprint density at radius 3 is 1.91 bits per heavy atom. The van der Waals surface area contributed by atoms with Gasteiger partial charge in [-0.1, -0.05) is 12.1 Å². The fourth-order valence-electron chi connectivity index (χ4n) is 4.07.